The van der Waals surface area contributed by atoms with Gasteiger partial charge in [-0.1, -0.05) is 152 Å². The maximum atomic E-state index is 6.79. The third-order valence-electron chi connectivity index (χ3n) is 11.3. The summed E-state index contributed by atoms with van der Waals surface area (Å²) in [5.74, 6) is 1.44. The Labute approximate surface area is 313 Å². The van der Waals surface area contributed by atoms with Crippen LogP contribution in [-0.4, -0.2) is 16.0 Å². The van der Waals surface area contributed by atoms with Crippen molar-refractivity contribution in [1.82, 2.24) is 9.97 Å². The Balaban J connectivity index is 0.988. The molecule has 0 spiro atoms. The summed E-state index contributed by atoms with van der Waals surface area (Å²) in [6.07, 6.45) is 17.3. The second kappa shape index (κ2) is 12.4. The summed E-state index contributed by atoms with van der Waals surface area (Å²) in [7, 11) is 0. The molecule has 0 N–H and O–H groups in total. The molecule has 0 radical (unpaired) electrons. The van der Waals surface area contributed by atoms with E-state index in [0.717, 1.165) is 50.9 Å². The first kappa shape index (κ1) is 30.8. The third kappa shape index (κ3) is 4.98. The number of rotatable bonds is 5. The minimum atomic E-state index is 0.239. The Kier molecular flexibility index (Phi) is 7.09. The molecule has 2 aromatic heterocycles. The van der Waals surface area contributed by atoms with Crippen molar-refractivity contribution in [3.63, 3.8) is 0 Å². The SMILES string of the molecule is C1=CCC(C2=CC3c4ccccc4N(c4ccc5cc(-c6cccc7c6oc6c(-c8ccccc8)nc(-c8ccccc8)nc67)ccc5c4)C3C=C2)C=C1. The molecule has 256 valence electrons. The summed E-state index contributed by atoms with van der Waals surface area (Å²) in [4.78, 5) is 12.7. The number of aromatic nitrogens is 2. The summed E-state index contributed by atoms with van der Waals surface area (Å²) in [5.41, 5.74) is 12.5. The molecule has 3 unspecified atom stereocenters. The Bertz CT molecular complexity index is 2880. The molecule has 2 aliphatic carbocycles. The van der Waals surface area contributed by atoms with Crippen LogP contribution in [0.25, 0.3) is 66.6 Å². The number of hydrogen-bond donors (Lipinski definition) is 0. The highest BCUT2D eigenvalue weighted by Crippen LogP contribution is 2.49. The monoisotopic (exact) mass is 693 g/mol. The molecule has 0 amide bonds. The zero-order valence-corrected chi connectivity index (χ0v) is 29.5. The highest BCUT2D eigenvalue weighted by Gasteiger charge is 2.38. The Morgan fingerprint density at radius 1 is 0.630 bits per heavy atom. The summed E-state index contributed by atoms with van der Waals surface area (Å²) in [6, 6.07) is 49.6. The number of hydrogen-bond acceptors (Lipinski definition) is 4. The highest BCUT2D eigenvalue weighted by atomic mass is 16.3. The van der Waals surface area contributed by atoms with Crippen molar-refractivity contribution in [3.05, 3.63) is 193 Å². The fourth-order valence-corrected chi connectivity index (χ4v) is 8.70. The van der Waals surface area contributed by atoms with E-state index in [-0.39, 0.29) is 6.04 Å². The second-order valence-corrected chi connectivity index (χ2v) is 14.5. The molecule has 3 aliphatic rings. The molecule has 0 bridgehead atoms. The molecule has 3 heterocycles. The summed E-state index contributed by atoms with van der Waals surface area (Å²) in [5, 5.41) is 3.36. The van der Waals surface area contributed by atoms with Crippen LogP contribution < -0.4 is 4.90 Å². The minimum Gasteiger partial charge on any atom is -0.451 e. The van der Waals surface area contributed by atoms with Crippen LogP contribution in [0, 0.1) is 5.92 Å². The Morgan fingerprint density at radius 3 is 2.28 bits per heavy atom. The number of nitrogens with zero attached hydrogens (tertiary/aromatic N) is 3. The molecule has 8 aromatic rings. The van der Waals surface area contributed by atoms with Gasteiger partial charge in [0.15, 0.2) is 11.4 Å². The molecule has 54 heavy (non-hydrogen) atoms. The highest BCUT2D eigenvalue weighted by molar-refractivity contribution is 6.11. The lowest BCUT2D eigenvalue weighted by Gasteiger charge is -2.31. The molecule has 4 nitrogen and oxygen atoms in total. The number of para-hydroxylation sites is 2. The molecular weight excluding hydrogens is 659 g/mol. The molecule has 1 aliphatic heterocycles. The molecular formula is C50H35N3O. The average molecular weight is 694 g/mol. The van der Waals surface area contributed by atoms with Crippen LogP contribution in [0.3, 0.4) is 0 Å². The van der Waals surface area contributed by atoms with Gasteiger partial charge >= 0.3 is 0 Å². The first-order valence-electron chi connectivity index (χ1n) is 18.8. The van der Waals surface area contributed by atoms with E-state index in [1.165, 1.54) is 33.3 Å². The van der Waals surface area contributed by atoms with Crippen molar-refractivity contribution in [2.45, 2.75) is 18.4 Å². The predicted octanol–water partition coefficient (Wildman–Crippen LogP) is 12.8. The topological polar surface area (TPSA) is 42.2 Å². The van der Waals surface area contributed by atoms with Crippen molar-refractivity contribution < 1.29 is 4.42 Å². The van der Waals surface area contributed by atoms with Crippen LogP contribution in [0.2, 0.25) is 0 Å². The average Bonchev–Trinajstić information content (AvgIpc) is 3.79. The van der Waals surface area contributed by atoms with E-state index in [1.807, 2.05) is 36.4 Å². The maximum absolute atomic E-state index is 6.79. The summed E-state index contributed by atoms with van der Waals surface area (Å²) < 4.78 is 6.79. The largest absolute Gasteiger partial charge is 0.451 e. The summed E-state index contributed by atoms with van der Waals surface area (Å²) >= 11 is 0. The number of fused-ring (bicyclic) bond motifs is 7. The van der Waals surface area contributed by atoms with E-state index in [0.29, 0.717) is 23.2 Å². The normalized spacial score (nSPS) is 18.7. The number of allylic oxidation sites excluding steroid dienone is 6. The van der Waals surface area contributed by atoms with Gasteiger partial charge in [0.1, 0.15) is 16.8 Å². The lowest BCUT2D eigenvalue weighted by atomic mass is 9.82. The molecule has 0 saturated carbocycles. The van der Waals surface area contributed by atoms with Crippen LogP contribution in [0.5, 0.6) is 0 Å². The fraction of sp³-hybridized carbons (Fsp3) is 0.0800. The molecule has 3 atom stereocenters. The van der Waals surface area contributed by atoms with Gasteiger partial charge in [0.2, 0.25) is 0 Å². The van der Waals surface area contributed by atoms with Crippen molar-refractivity contribution in [2.24, 2.45) is 5.92 Å². The van der Waals surface area contributed by atoms with E-state index in [1.54, 1.807) is 0 Å². The smallest absolute Gasteiger partial charge is 0.180 e. The van der Waals surface area contributed by atoms with Crippen molar-refractivity contribution in [3.8, 4) is 33.8 Å². The van der Waals surface area contributed by atoms with E-state index >= 15 is 0 Å². The van der Waals surface area contributed by atoms with E-state index in [4.69, 9.17) is 14.4 Å². The molecule has 0 fully saturated rings. The first-order valence-corrected chi connectivity index (χ1v) is 18.8. The molecule has 11 rings (SSSR count). The first-order chi connectivity index (χ1) is 26.8. The zero-order valence-electron chi connectivity index (χ0n) is 29.5. The summed E-state index contributed by atoms with van der Waals surface area (Å²) in [6.45, 7) is 0. The quantitative estimate of drug-likeness (QED) is 0.180. The Hall–Kier alpha value is -6.78. The fourth-order valence-electron chi connectivity index (χ4n) is 8.70. The van der Waals surface area contributed by atoms with Crippen LogP contribution in [0.4, 0.5) is 11.4 Å². The lowest BCUT2D eigenvalue weighted by Crippen LogP contribution is -2.29. The van der Waals surface area contributed by atoms with Gasteiger partial charge in [0, 0.05) is 45.3 Å². The van der Waals surface area contributed by atoms with Crippen molar-refractivity contribution in [2.75, 3.05) is 4.90 Å². The van der Waals surface area contributed by atoms with Gasteiger partial charge in [0.25, 0.3) is 0 Å². The van der Waals surface area contributed by atoms with Gasteiger partial charge in [0.05, 0.1) is 6.04 Å². The van der Waals surface area contributed by atoms with Gasteiger partial charge < -0.3 is 9.32 Å². The number of anilines is 2. The Morgan fingerprint density at radius 2 is 1.43 bits per heavy atom. The van der Waals surface area contributed by atoms with Gasteiger partial charge in [-0.3, -0.25) is 0 Å². The molecule has 0 saturated heterocycles. The van der Waals surface area contributed by atoms with Gasteiger partial charge in [-0.05, 0) is 64.2 Å². The van der Waals surface area contributed by atoms with Crippen LogP contribution in [0.1, 0.15) is 17.9 Å². The van der Waals surface area contributed by atoms with Crippen LogP contribution in [0.15, 0.2) is 192 Å². The second-order valence-electron chi connectivity index (χ2n) is 14.5. The van der Waals surface area contributed by atoms with Crippen LogP contribution in [-0.2, 0) is 0 Å². The lowest BCUT2D eigenvalue weighted by molar-refractivity contribution is 0.668. The van der Waals surface area contributed by atoms with E-state index in [2.05, 4.69) is 151 Å². The molecule has 6 aromatic carbocycles. The molecule has 4 heteroatoms. The third-order valence-corrected chi connectivity index (χ3v) is 11.3. The van der Waals surface area contributed by atoms with Crippen LogP contribution >= 0.6 is 0 Å². The predicted molar refractivity (Wildman–Crippen MR) is 222 cm³/mol. The standard InChI is InChI=1S/C50H35N3O/c1-4-13-32(14-5-1)37-26-28-45-43(31-37)41-19-10-11-22-44(41)53(45)39-27-25-35-29-38(24-23-36(35)30-39)40-20-12-21-42-47-49(54-48(40)42)46(33-15-6-2-7-16-33)51-50(52-47)34-17-8-3-9-18-34/h1-13,15-32,43,45H,14H2. The van der Waals surface area contributed by atoms with Crippen molar-refractivity contribution in [1.29, 1.82) is 0 Å². The van der Waals surface area contributed by atoms with Crippen molar-refractivity contribution >= 4 is 44.2 Å². The zero-order chi connectivity index (χ0) is 35.6. The van der Waals surface area contributed by atoms with Gasteiger partial charge in [-0.15, -0.1) is 0 Å². The number of benzene rings is 6. The number of furan rings is 1. The minimum absolute atomic E-state index is 0.239. The van der Waals surface area contributed by atoms with Gasteiger partial charge in [-0.25, -0.2) is 9.97 Å². The van der Waals surface area contributed by atoms with Gasteiger partial charge in [-0.2, -0.15) is 0 Å². The van der Waals surface area contributed by atoms with E-state index < -0.39 is 0 Å². The van der Waals surface area contributed by atoms with E-state index in [9.17, 15) is 0 Å². The maximum Gasteiger partial charge on any atom is 0.180 e.